The van der Waals surface area contributed by atoms with Gasteiger partial charge in [-0.15, -0.1) is 0 Å². The number of esters is 1. The van der Waals surface area contributed by atoms with Crippen LogP contribution in [0.5, 0.6) is 5.75 Å². The molecule has 7 heteroatoms. The largest absolute Gasteiger partial charge is 0.496 e. The summed E-state index contributed by atoms with van der Waals surface area (Å²) in [6.07, 6.45) is 0.00594. The number of methoxy groups -OCH3 is 1. The minimum Gasteiger partial charge on any atom is -0.496 e. The summed E-state index contributed by atoms with van der Waals surface area (Å²) in [4.78, 5) is 38.4. The Morgan fingerprint density at radius 3 is 2.43 bits per heavy atom. The molecule has 30 heavy (non-hydrogen) atoms. The predicted molar refractivity (Wildman–Crippen MR) is 115 cm³/mol. The molecule has 0 fully saturated rings. The molecule has 0 spiro atoms. The monoisotopic (exact) mass is 412 g/mol. The van der Waals surface area contributed by atoms with Crippen molar-refractivity contribution in [2.24, 2.45) is 0 Å². The number of carbonyl (C=O) groups is 3. The van der Waals surface area contributed by atoms with Gasteiger partial charge < -0.3 is 19.7 Å². The number of benzene rings is 2. The quantitative estimate of drug-likeness (QED) is 0.640. The van der Waals surface area contributed by atoms with E-state index < -0.39 is 18.5 Å². The molecule has 0 aliphatic rings. The highest BCUT2D eigenvalue weighted by Crippen LogP contribution is 2.20. The van der Waals surface area contributed by atoms with Gasteiger partial charge in [0.15, 0.2) is 6.61 Å². The Kier molecular flexibility index (Phi) is 8.41. The normalized spacial score (nSPS) is 10.3. The Morgan fingerprint density at radius 1 is 1.03 bits per heavy atom. The first-order valence-electron chi connectivity index (χ1n) is 9.86. The van der Waals surface area contributed by atoms with E-state index in [1.165, 1.54) is 7.11 Å². The van der Waals surface area contributed by atoms with E-state index in [0.29, 0.717) is 35.7 Å². The maximum Gasteiger partial charge on any atom is 0.310 e. The molecular weight excluding hydrogens is 384 g/mol. The second-order valence-corrected chi connectivity index (χ2v) is 6.76. The van der Waals surface area contributed by atoms with Crippen LogP contribution in [0.1, 0.15) is 35.3 Å². The van der Waals surface area contributed by atoms with Crippen LogP contribution in [0.25, 0.3) is 0 Å². The Labute approximate surface area is 177 Å². The van der Waals surface area contributed by atoms with E-state index in [9.17, 15) is 14.4 Å². The van der Waals surface area contributed by atoms with E-state index in [4.69, 9.17) is 9.47 Å². The van der Waals surface area contributed by atoms with Crippen LogP contribution in [-0.4, -0.2) is 49.5 Å². The minimum atomic E-state index is -0.528. The van der Waals surface area contributed by atoms with E-state index in [0.717, 1.165) is 5.56 Å². The van der Waals surface area contributed by atoms with Crippen LogP contribution < -0.4 is 10.1 Å². The lowest BCUT2D eigenvalue weighted by Crippen LogP contribution is -2.30. The molecule has 0 unspecified atom stereocenters. The van der Waals surface area contributed by atoms with Gasteiger partial charge >= 0.3 is 5.97 Å². The number of rotatable bonds is 9. The summed E-state index contributed by atoms with van der Waals surface area (Å²) >= 11 is 0. The molecule has 2 aromatic carbocycles. The number of nitrogens with zero attached hydrogens (tertiary/aromatic N) is 1. The van der Waals surface area contributed by atoms with Gasteiger partial charge in [-0.05, 0) is 45.0 Å². The number of aryl methyl sites for hydroxylation is 1. The van der Waals surface area contributed by atoms with Crippen molar-refractivity contribution in [3.63, 3.8) is 0 Å². The molecule has 0 saturated carbocycles. The van der Waals surface area contributed by atoms with Gasteiger partial charge in [0.05, 0.1) is 13.5 Å². The minimum absolute atomic E-state index is 0.00594. The lowest BCUT2D eigenvalue weighted by atomic mass is 10.1. The van der Waals surface area contributed by atoms with Gasteiger partial charge in [0, 0.05) is 29.9 Å². The van der Waals surface area contributed by atoms with Crippen LogP contribution in [0.2, 0.25) is 0 Å². The maximum absolute atomic E-state index is 12.4. The number of ether oxygens (including phenoxy) is 2. The summed E-state index contributed by atoms with van der Waals surface area (Å²) in [5.41, 5.74) is 2.65. The Morgan fingerprint density at radius 2 is 1.77 bits per heavy atom. The lowest BCUT2D eigenvalue weighted by Gasteiger charge is -2.19. The second kappa shape index (κ2) is 11.0. The average Bonchev–Trinajstić information content (AvgIpc) is 2.73. The first-order chi connectivity index (χ1) is 14.4. The molecule has 2 rings (SSSR count). The number of anilines is 1. The van der Waals surface area contributed by atoms with Crippen LogP contribution >= 0.6 is 0 Å². The van der Waals surface area contributed by atoms with Crippen molar-refractivity contribution in [3.8, 4) is 5.75 Å². The first kappa shape index (κ1) is 22.9. The van der Waals surface area contributed by atoms with Crippen molar-refractivity contribution in [2.45, 2.75) is 27.2 Å². The fourth-order valence-electron chi connectivity index (χ4n) is 3.02. The molecule has 1 N–H and O–H groups in total. The van der Waals surface area contributed by atoms with Crippen LogP contribution in [0.15, 0.2) is 42.5 Å². The summed E-state index contributed by atoms with van der Waals surface area (Å²) in [6, 6.07) is 12.2. The third-order valence-electron chi connectivity index (χ3n) is 4.58. The SMILES string of the molecule is CCN(CC)C(=O)c1cccc(NC(=O)COC(=O)Cc2cc(C)ccc2OC)c1. The molecule has 0 aliphatic heterocycles. The summed E-state index contributed by atoms with van der Waals surface area (Å²) in [5, 5.41) is 2.65. The van der Waals surface area contributed by atoms with Crippen LogP contribution in [0.4, 0.5) is 5.69 Å². The fraction of sp³-hybridized carbons (Fsp3) is 0.348. The highest BCUT2D eigenvalue weighted by atomic mass is 16.5. The zero-order valence-corrected chi connectivity index (χ0v) is 17.9. The van der Waals surface area contributed by atoms with E-state index in [2.05, 4.69) is 5.32 Å². The third kappa shape index (κ3) is 6.34. The van der Waals surface area contributed by atoms with Crippen molar-refractivity contribution in [2.75, 3.05) is 32.1 Å². The van der Waals surface area contributed by atoms with Crippen molar-refractivity contribution >= 4 is 23.5 Å². The Balaban J connectivity index is 1.92. The van der Waals surface area contributed by atoms with Gasteiger partial charge in [-0.2, -0.15) is 0 Å². The summed E-state index contributed by atoms with van der Waals surface area (Å²) < 4.78 is 10.3. The molecule has 0 aliphatic carbocycles. The van der Waals surface area contributed by atoms with Crippen molar-refractivity contribution in [3.05, 3.63) is 59.2 Å². The van der Waals surface area contributed by atoms with E-state index in [-0.39, 0.29) is 12.3 Å². The molecule has 160 valence electrons. The predicted octanol–water partition coefficient (Wildman–Crippen LogP) is 3.21. The summed E-state index contributed by atoms with van der Waals surface area (Å²) in [7, 11) is 1.53. The van der Waals surface area contributed by atoms with E-state index in [1.807, 2.05) is 32.9 Å². The number of hydrogen-bond acceptors (Lipinski definition) is 5. The highest BCUT2D eigenvalue weighted by Gasteiger charge is 2.15. The van der Waals surface area contributed by atoms with E-state index >= 15 is 0 Å². The number of carbonyl (C=O) groups excluding carboxylic acids is 3. The van der Waals surface area contributed by atoms with E-state index in [1.54, 1.807) is 35.2 Å². The van der Waals surface area contributed by atoms with Crippen LogP contribution in [0.3, 0.4) is 0 Å². The topological polar surface area (TPSA) is 84.9 Å². The third-order valence-corrected chi connectivity index (χ3v) is 4.58. The van der Waals surface area contributed by atoms with Gasteiger partial charge in [-0.25, -0.2) is 0 Å². The first-order valence-corrected chi connectivity index (χ1v) is 9.86. The smallest absolute Gasteiger partial charge is 0.310 e. The van der Waals surface area contributed by atoms with Gasteiger partial charge in [0.2, 0.25) is 0 Å². The molecule has 0 radical (unpaired) electrons. The van der Waals surface area contributed by atoms with Crippen LogP contribution in [0, 0.1) is 6.92 Å². The Hall–Kier alpha value is -3.35. The standard InChI is InChI=1S/C23H28N2O5/c1-5-25(6-2)23(28)17-8-7-9-19(13-17)24-21(26)15-30-22(27)14-18-12-16(3)10-11-20(18)29-4/h7-13H,5-6,14-15H2,1-4H3,(H,24,26). The molecule has 0 heterocycles. The molecule has 0 aromatic heterocycles. The van der Waals surface area contributed by atoms with Crippen molar-refractivity contribution in [1.82, 2.24) is 4.90 Å². The fourth-order valence-corrected chi connectivity index (χ4v) is 3.02. The van der Waals surface area contributed by atoms with Crippen molar-refractivity contribution in [1.29, 1.82) is 0 Å². The highest BCUT2D eigenvalue weighted by molar-refractivity contribution is 5.97. The number of nitrogens with one attached hydrogen (secondary N) is 1. The van der Waals surface area contributed by atoms with Crippen molar-refractivity contribution < 1.29 is 23.9 Å². The average molecular weight is 412 g/mol. The molecule has 0 atom stereocenters. The van der Waals surface area contributed by atoms with Gasteiger partial charge in [-0.3, -0.25) is 14.4 Å². The van der Waals surface area contributed by atoms with Gasteiger partial charge in [0.1, 0.15) is 5.75 Å². The maximum atomic E-state index is 12.4. The molecule has 2 aromatic rings. The zero-order chi connectivity index (χ0) is 22.1. The number of amides is 2. The number of hydrogen-bond donors (Lipinski definition) is 1. The lowest BCUT2D eigenvalue weighted by molar-refractivity contribution is -0.146. The molecule has 2 amide bonds. The molecular formula is C23H28N2O5. The van der Waals surface area contributed by atoms with Gasteiger partial charge in [0.25, 0.3) is 11.8 Å². The summed E-state index contributed by atoms with van der Waals surface area (Å²) in [5.74, 6) is -0.516. The van der Waals surface area contributed by atoms with Crippen LogP contribution in [-0.2, 0) is 20.7 Å². The molecule has 0 saturated heterocycles. The zero-order valence-electron chi connectivity index (χ0n) is 17.9. The molecule has 0 bridgehead atoms. The second-order valence-electron chi connectivity index (χ2n) is 6.76. The summed E-state index contributed by atoms with van der Waals surface area (Å²) in [6.45, 7) is 6.53. The van der Waals surface area contributed by atoms with Gasteiger partial charge in [-0.1, -0.05) is 23.8 Å². The molecule has 7 nitrogen and oxygen atoms in total. The Bertz CT molecular complexity index is 906.